The zero-order valence-electron chi connectivity index (χ0n) is 12.1. The first-order valence-corrected chi connectivity index (χ1v) is 7.89. The zero-order valence-corrected chi connectivity index (χ0v) is 12.1. The summed E-state index contributed by atoms with van der Waals surface area (Å²) in [5, 5.41) is 3.69. The quantitative estimate of drug-likeness (QED) is 0.765. The fraction of sp³-hybridized carbons (Fsp3) is 1.00. The van der Waals surface area contributed by atoms with Crippen molar-refractivity contribution >= 4 is 0 Å². The van der Waals surface area contributed by atoms with E-state index in [1.807, 2.05) is 0 Å². The Morgan fingerprint density at radius 1 is 0.889 bits per heavy atom. The molecule has 18 heavy (non-hydrogen) atoms. The monoisotopic (exact) mass is 251 g/mol. The smallest absolute Gasteiger partial charge is 0.0264 e. The highest BCUT2D eigenvalue weighted by atomic mass is 15.3. The molecule has 3 aliphatic heterocycles. The predicted octanol–water partition coefficient (Wildman–Crippen LogP) is 1.69. The molecule has 0 saturated carbocycles. The summed E-state index contributed by atoms with van der Waals surface area (Å²) in [4.78, 5) is 5.56. The first-order valence-electron chi connectivity index (χ1n) is 7.89. The summed E-state index contributed by atoms with van der Waals surface area (Å²) in [5.74, 6) is 0. The van der Waals surface area contributed by atoms with Crippen molar-refractivity contribution in [1.29, 1.82) is 0 Å². The maximum Gasteiger partial charge on any atom is 0.0264 e. The third-order valence-electron chi connectivity index (χ3n) is 5.11. The van der Waals surface area contributed by atoms with E-state index in [9.17, 15) is 0 Å². The van der Waals surface area contributed by atoms with Crippen LogP contribution in [0.2, 0.25) is 0 Å². The van der Waals surface area contributed by atoms with Gasteiger partial charge in [-0.1, -0.05) is 6.42 Å². The van der Waals surface area contributed by atoms with Crippen molar-refractivity contribution in [1.82, 2.24) is 15.1 Å². The molecule has 0 aromatic rings. The van der Waals surface area contributed by atoms with E-state index in [1.54, 1.807) is 0 Å². The van der Waals surface area contributed by atoms with Crippen molar-refractivity contribution in [2.75, 3.05) is 32.7 Å². The van der Waals surface area contributed by atoms with E-state index in [1.165, 1.54) is 64.8 Å². The predicted molar refractivity (Wildman–Crippen MR) is 75.9 cm³/mol. The van der Waals surface area contributed by atoms with Crippen LogP contribution in [0.15, 0.2) is 0 Å². The Labute approximate surface area is 112 Å². The number of fused-ring (bicyclic) bond motifs is 1. The third-order valence-corrected chi connectivity index (χ3v) is 5.11. The fourth-order valence-corrected chi connectivity index (χ4v) is 4.28. The molecule has 3 nitrogen and oxygen atoms in total. The van der Waals surface area contributed by atoms with Crippen LogP contribution in [0.3, 0.4) is 0 Å². The number of hydrogen-bond acceptors (Lipinski definition) is 3. The molecule has 0 spiro atoms. The third kappa shape index (κ3) is 2.59. The second kappa shape index (κ2) is 5.10. The van der Waals surface area contributed by atoms with Crippen LogP contribution in [-0.2, 0) is 0 Å². The molecule has 0 radical (unpaired) electrons. The number of nitrogens with zero attached hydrogens (tertiary/aromatic N) is 2. The highest BCUT2D eigenvalue weighted by molar-refractivity contribution is 4.98. The fourth-order valence-electron chi connectivity index (χ4n) is 4.28. The Kier molecular flexibility index (Phi) is 3.65. The van der Waals surface area contributed by atoms with Gasteiger partial charge in [0.2, 0.25) is 0 Å². The van der Waals surface area contributed by atoms with Crippen LogP contribution in [-0.4, -0.2) is 60.1 Å². The maximum atomic E-state index is 3.69. The Morgan fingerprint density at radius 2 is 1.67 bits per heavy atom. The molecule has 2 unspecified atom stereocenters. The van der Waals surface area contributed by atoms with Gasteiger partial charge in [0.25, 0.3) is 0 Å². The number of nitrogens with one attached hydrogen (secondary N) is 1. The Bertz CT molecular complexity index is 289. The van der Waals surface area contributed by atoms with Gasteiger partial charge >= 0.3 is 0 Å². The van der Waals surface area contributed by atoms with Crippen LogP contribution in [0.25, 0.3) is 0 Å². The van der Waals surface area contributed by atoms with E-state index in [0.29, 0.717) is 5.54 Å². The molecule has 3 saturated heterocycles. The lowest BCUT2D eigenvalue weighted by molar-refractivity contribution is 0.103. The molecule has 3 aliphatic rings. The van der Waals surface area contributed by atoms with Gasteiger partial charge in [-0.15, -0.1) is 0 Å². The normalized spacial score (nSPS) is 38.3. The Balaban J connectivity index is 1.69. The van der Waals surface area contributed by atoms with Crippen molar-refractivity contribution in [3.63, 3.8) is 0 Å². The number of hydrogen-bond donors (Lipinski definition) is 1. The molecule has 0 amide bonds. The summed E-state index contributed by atoms with van der Waals surface area (Å²) >= 11 is 0. The summed E-state index contributed by atoms with van der Waals surface area (Å²) in [5.41, 5.74) is 0.290. The summed E-state index contributed by atoms with van der Waals surface area (Å²) < 4.78 is 0. The van der Waals surface area contributed by atoms with Crippen molar-refractivity contribution in [3.8, 4) is 0 Å². The van der Waals surface area contributed by atoms with Crippen molar-refractivity contribution in [2.24, 2.45) is 0 Å². The highest BCUT2D eigenvalue weighted by Crippen LogP contribution is 2.31. The Morgan fingerprint density at radius 3 is 2.56 bits per heavy atom. The molecular formula is C15H29N3. The molecule has 0 bridgehead atoms. The molecule has 3 heteroatoms. The van der Waals surface area contributed by atoms with Crippen molar-refractivity contribution in [3.05, 3.63) is 0 Å². The highest BCUT2D eigenvalue weighted by Gasteiger charge is 2.40. The van der Waals surface area contributed by atoms with Gasteiger partial charge in [0, 0.05) is 30.7 Å². The van der Waals surface area contributed by atoms with Gasteiger partial charge in [0.05, 0.1) is 0 Å². The van der Waals surface area contributed by atoms with Crippen LogP contribution >= 0.6 is 0 Å². The molecule has 1 N–H and O–H groups in total. The van der Waals surface area contributed by atoms with Gasteiger partial charge in [-0.05, 0) is 59.2 Å². The summed E-state index contributed by atoms with van der Waals surface area (Å²) in [7, 11) is 0. The molecule has 2 atom stereocenters. The molecule has 3 heterocycles. The van der Waals surface area contributed by atoms with Gasteiger partial charge in [-0.25, -0.2) is 0 Å². The molecule has 3 rings (SSSR count). The number of piperidine rings is 1. The average Bonchev–Trinajstić information content (AvgIpc) is 2.68. The van der Waals surface area contributed by atoms with E-state index < -0.39 is 0 Å². The molecule has 0 aromatic carbocycles. The second-order valence-electron chi connectivity index (χ2n) is 7.09. The van der Waals surface area contributed by atoms with E-state index in [2.05, 4.69) is 29.0 Å². The van der Waals surface area contributed by atoms with Crippen LogP contribution in [0.5, 0.6) is 0 Å². The molecular weight excluding hydrogens is 222 g/mol. The molecule has 104 valence electrons. The van der Waals surface area contributed by atoms with E-state index in [-0.39, 0.29) is 0 Å². The minimum absolute atomic E-state index is 0.290. The van der Waals surface area contributed by atoms with Gasteiger partial charge in [0.1, 0.15) is 0 Å². The van der Waals surface area contributed by atoms with Gasteiger partial charge in [-0.3, -0.25) is 9.80 Å². The van der Waals surface area contributed by atoms with Crippen LogP contribution in [0, 0.1) is 0 Å². The Hall–Kier alpha value is -0.120. The summed E-state index contributed by atoms with van der Waals surface area (Å²) in [6, 6.07) is 1.71. The lowest BCUT2D eigenvalue weighted by atomic mass is 9.96. The second-order valence-corrected chi connectivity index (χ2v) is 7.09. The molecule has 0 aromatic heterocycles. The topological polar surface area (TPSA) is 18.5 Å². The van der Waals surface area contributed by atoms with Crippen LogP contribution < -0.4 is 5.32 Å². The van der Waals surface area contributed by atoms with Crippen molar-refractivity contribution in [2.45, 2.75) is 63.6 Å². The number of rotatable bonds is 1. The standard InChI is InChI=1S/C15H29N3/c1-15(2)12-18(10-5-8-16-15)14-7-11-17-9-4-3-6-13(14)17/h13-14,16H,3-12H2,1-2H3. The van der Waals surface area contributed by atoms with E-state index in [4.69, 9.17) is 0 Å². The summed E-state index contributed by atoms with van der Waals surface area (Å²) in [6.07, 6.45) is 7.03. The van der Waals surface area contributed by atoms with E-state index >= 15 is 0 Å². The zero-order chi connectivity index (χ0) is 12.6. The largest absolute Gasteiger partial charge is 0.310 e. The van der Waals surface area contributed by atoms with Gasteiger partial charge in [-0.2, -0.15) is 0 Å². The van der Waals surface area contributed by atoms with Crippen molar-refractivity contribution < 1.29 is 0 Å². The van der Waals surface area contributed by atoms with Crippen LogP contribution in [0.1, 0.15) is 46.0 Å². The minimum atomic E-state index is 0.290. The van der Waals surface area contributed by atoms with E-state index in [0.717, 1.165) is 12.1 Å². The first kappa shape index (κ1) is 12.9. The van der Waals surface area contributed by atoms with Crippen LogP contribution in [0.4, 0.5) is 0 Å². The minimum Gasteiger partial charge on any atom is -0.310 e. The lowest BCUT2D eigenvalue weighted by Crippen LogP contribution is -2.52. The molecule has 3 fully saturated rings. The van der Waals surface area contributed by atoms with Gasteiger partial charge in [0.15, 0.2) is 0 Å². The summed E-state index contributed by atoms with van der Waals surface area (Å²) in [6.45, 7) is 11.1. The average molecular weight is 251 g/mol. The SMILES string of the molecule is CC1(C)CN(C2CCN3CCCCC23)CCCN1. The maximum absolute atomic E-state index is 3.69. The lowest BCUT2D eigenvalue weighted by Gasteiger charge is -2.39. The first-order chi connectivity index (χ1) is 8.66. The molecule has 0 aliphatic carbocycles. The van der Waals surface area contributed by atoms with Gasteiger partial charge < -0.3 is 5.32 Å².